The fourth-order valence-electron chi connectivity index (χ4n) is 1.90. The lowest BCUT2D eigenvalue weighted by atomic mass is 10.2. The maximum absolute atomic E-state index is 4.67. The van der Waals surface area contributed by atoms with Gasteiger partial charge < -0.3 is 10.2 Å². The van der Waals surface area contributed by atoms with Gasteiger partial charge in [-0.05, 0) is 18.2 Å². The van der Waals surface area contributed by atoms with Crippen molar-refractivity contribution in [2.75, 3.05) is 25.0 Å². The van der Waals surface area contributed by atoms with Gasteiger partial charge in [-0.1, -0.05) is 32.0 Å². The molecule has 18 heavy (non-hydrogen) atoms. The Morgan fingerprint density at radius 2 is 1.94 bits per heavy atom. The molecule has 0 amide bonds. The first kappa shape index (κ1) is 12.8. The van der Waals surface area contributed by atoms with Crippen LogP contribution in [-0.4, -0.2) is 31.2 Å². The molecule has 2 aromatic rings. The SMILES string of the molecule is CC(C)NCCN(C)c1ccc2ccccc2n1. The number of anilines is 1. The molecular weight excluding hydrogens is 222 g/mol. The van der Waals surface area contributed by atoms with Crippen LogP contribution in [0, 0.1) is 0 Å². The van der Waals surface area contributed by atoms with Crippen molar-refractivity contribution in [3.05, 3.63) is 36.4 Å². The third-order valence-electron chi connectivity index (χ3n) is 2.97. The van der Waals surface area contributed by atoms with Crippen LogP contribution in [0.3, 0.4) is 0 Å². The maximum Gasteiger partial charge on any atom is 0.129 e. The summed E-state index contributed by atoms with van der Waals surface area (Å²) >= 11 is 0. The van der Waals surface area contributed by atoms with Crippen LogP contribution in [0.2, 0.25) is 0 Å². The Morgan fingerprint density at radius 3 is 2.72 bits per heavy atom. The summed E-state index contributed by atoms with van der Waals surface area (Å²) < 4.78 is 0. The smallest absolute Gasteiger partial charge is 0.129 e. The zero-order chi connectivity index (χ0) is 13.0. The molecule has 0 saturated heterocycles. The van der Waals surface area contributed by atoms with E-state index in [1.54, 1.807) is 0 Å². The van der Waals surface area contributed by atoms with E-state index in [0.717, 1.165) is 24.4 Å². The Labute approximate surface area is 109 Å². The number of hydrogen-bond acceptors (Lipinski definition) is 3. The van der Waals surface area contributed by atoms with E-state index in [9.17, 15) is 0 Å². The van der Waals surface area contributed by atoms with Gasteiger partial charge in [0.25, 0.3) is 0 Å². The van der Waals surface area contributed by atoms with Crippen LogP contribution in [0.5, 0.6) is 0 Å². The number of rotatable bonds is 5. The molecule has 3 nitrogen and oxygen atoms in total. The van der Waals surface area contributed by atoms with Gasteiger partial charge in [-0.3, -0.25) is 0 Å². The van der Waals surface area contributed by atoms with Crippen LogP contribution in [0.15, 0.2) is 36.4 Å². The Balaban J connectivity index is 2.06. The van der Waals surface area contributed by atoms with Gasteiger partial charge in [-0.15, -0.1) is 0 Å². The average Bonchev–Trinajstić information content (AvgIpc) is 2.37. The highest BCUT2D eigenvalue weighted by Crippen LogP contribution is 2.16. The predicted octanol–water partition coefficient (Wildman–Crippen LogP) is 2.67. The maximum atomic E-state index is 4.67. The number of nitrogens with zero attached hydrogens (tertiary/aromatic N) is 2. The minimum Gasteiger partial charge on any atom is -0.358 e. The van der Waals surface area contributed by atoms with Crippen molar-refractivity contribution in [2.45, 2.75) is 19.9 Å². The fourth-order valence-corrected chi connectivity index (χ4v) is 1.90. The molecule has 0 atom stereocenters. The molecule has 0 fully saturated rings. The second-order valence-corrected chi connectivity index (χ2v) is 4.89. The molecule has 1 aromatic carbocycles. The summed E-state index contributed by atoms with van der Waals surface area (Å²) in [6, 6.07) is 13.0. The van der Waals surface area contributed by atoms with Gasteiger partial charge in [0.05, 0.1) is 5.52 Å². The molecule has 0 spiro atoms. The van der Waals surface area contributed by atoms with Crippen LogP contribution in [0.1, 0.15) is 13.8 Å². The highest BCUT2D eigenvalue weighted by molar-refractivity contribution is 5.80. The summed E-state index contributed by atoms with van der Waals surface area (Å²) in [5, 5.41) is 4.60. The van der Waals surface area contributed by atoms with E-state index in [2.05, 4.69) is 60.4 Å². The average molecular weight is 243 g/mol. The van der Waals surface area contributed by atoms with E-state index in [0.29, 0.717) is 6.04 Å². The molecule has 1 N–H and O–H groups in total. The molecular formula is C15H21N3. The van der Waals surface area contributed by atoms with Crippen LogP contribution in [0.25, 0.3) is 10.9 Å². The van der Waals surface area contributed by atoms with Crippen molar-refractivity contribution in [1.29, 1.82) is 0 Å². The molecule has 1 heterocycles. The minimum atomic E-state index is 0.531. The molecule has 0 saturated carbocycles. The Kier molecular flexibility index (Phi) is 4.15. The van der Waals surface area contributed by atoms with Gasteiger partial charge in [0.2, 0.25) is 0 Å². The number of likely N-dealkylation sites (N-methyl/N-ethyl adjacent to an activating group) is 1. The molecule has 0 unspecified atom stereocenters. The monoisotopic (exact) mass is 243 g/mol. The van der Waals surface area contributed by atoms with Gasteiger partial charge >= 0.3 is 0 Å². The molecule has 0 radical (unpaired) electrons. The number of benzene rings is 1. The summed E-state index contributed by atoms with van der Waals surface area (Å²) in [5.41, 5.74) is 1.05. The molecule has 1 aromatic heterocycles. The molecule has 0 aliphatic heterocycles. The summed E-state index contributed by atoms with van der Waals surface area (Å²) in [5.74, 6) is 1.03. The Morgan fingerprint density at radius 1 is 1.17 bits per heavy atom. The van der Waals surface area contributed by atoms with Crippen molar-refractivity contribution < 1.29 is 0 Å². The zero-order valence-corrected chi connectivity index (χ0v) is 11.4. The highest BCUT2D eigenvalue weighted by Gasteiger charge is 2.03. The van der Waals surface area contributed by atoms with E-state index in [1.165, 1.54) is 5.39 Å². The summed E-state index contributed by atoms with van der Waals surface area (Å²) in [6.45, 7) is 6.26. The number of fused-ring (bicyclic) bond motifs is 1. The van der Waals surface area contributed by atoms with Crippen LogP contribution >= 0.6 is 0 Å². The molecule has 96 valence electrons. The Hall–Kier alpha value is -1.61. The van der Waals surface area contributed by atoms with Crippen molar-refractivity contribution in [2.24, 2.45) is 0 Å². The normalized spacial score (nSPS) is 11.1. The molecule has 3 heteroatoms. The standard InChI is InChI=1S/C15H21N3/c1-12(2)16-10-11-18(3)15-9-8-13-6-4-5-7-14(13)17-15/h4-9,12,16H,10-11H2,1-3H3. The van der Waals surface area contributed by atoms with E-state index in [4.69, 9.17) is 0 Å². The minimum absolute atomic E-state index is 0.531. The topological polar surface area (TPSA) is 28.2 Å². The first-order chi connectivity index (χ1) is 8.66. The predicted molar refractivity (Wildman–Crippen MR) is 78.2 cm³/mol. The first-order valence-corrected chi connectivity index (χ1v) is 6.47. The summed E-state index contributed by atoms with van der Waals surface area (Å²) in [4.78, 5) is 6.85. The molecule has 0 bridgehead atoms. The number of para-hydroxylation sites is 1. The lowest BCUT2D eigenvalue weighted by Gasteiger charge is -2.19. The highest BCUT2D eigenvalue weighted by atomic mass is 15.2. The first-order valence-electron chi connectivity index (χ1n) is 6.47. The van der Waals surface area contributed by atoms with E-state index in [-0.39, 0.29) is 0 Å². The zero-order valence-electron chi connectivity index (χ0n) is 11.4. The quantitative estimate of drug-likeness (QED) is 0.875. The van der Waals surface area contributed by atoms with Gasteiger partial charge in [0, 0.05) is 31.6 Å². The van der Waals surface area contributed by atoms with Crippen LogP contribution < -0.4 is 10.2 Å². The van der Waals surface area contributed by atoms with Gasteiger partial charge in [0.15, 0.2) is 0 Å². The second kappa shape index (κ2) is 5.83. The van der Waals surface area contributed by atoms with E-state index >= 15 is 0 Å². The van der Waals surface area contributed by atoms with Gasteiger partial charge in [0.1, 0.15) is 5.82 Å². The van der Waals surface area contributed by atoms with Crippen molar-refractivity contribution in [3.8, 4) is 0 Å². The molecule has 0 aliphatic rings. The van der Waals surface area contributed by atoms with Crippen LogP contribution in [0.4, 0.5) is 5.82 Å². The Bertz CT molecular complexity index is 508. The number of nitrogens with one attached hydrogen (secondary N) is 1. The summed E-state index contributed by atoms with van der Waals surface area (Å²) in [7, 11) is 2.08. The molecule has 0 aliphatic carbocycles. The third kappa shape index (κ3) is 3.20. The van der Waals surface area contributed by atoms with Crippen molar-refractivity contribution in [3.63, 3.8) is 0 Å². The largest absolute Gasteiger partial charge is 0.358 e. The summed E-state index contributed by atoms with van der Waals surface area (Å²) in [6.07, 6.45) is 0. The number of pyridine rings is 1. The third-order valence-corrected chi connectivity index (χ3v) is 2.97. The molecule has 2 rings (SSSR count). The van der Waals surface area contributed by atoms with Gasteiger partial charge in [-0.25, -0.2) is 4.98 Å². The number of aromatic nitrogens is 1. The lowest BCUT2D eigenvalue weighted by Crippen LogP contribution is -2.33. The van der Waals surface area contributed by atoms with Gasteiger partial charge in [-0.2, -0.15) is 0 Å². The van der Waals surface area contributed by atoms with E-state index in [1.807, 2.05) is 12.1 Å². The van der Waals surface area contributed by atoms with E-state index < -0.39 is 0 Å². The second-order valence-electron chi connectivity index (χ2n) is 4.89. The van der Waals surface area contributed by atoms with Crippen LogP contribution in [-0.2, 0) is 0 Å². The fraction of sp³-hybridized carbons (Fsp3) is 0.400. The lowest BCUT2D eigenvalue weighted by molar-refractivity contribution is 0.588. The van der Waals surface area contributed by atoms with Crippen molar-refractivity contribution in [1.82, 2.24) is 10.3 Å². The van der Waals surface area contributed by atoms with Crippen molar-refractivity contribution >= 4 is 16.7 Å². The number of hydrogen-bond donors (Lipinski definition) is 1.